The van der Waals surface area contributed by atoms with Gasteiger partial charge in [-0.15, -0.1) is 0 Å². The smallest absolute Gasteiger partial charge is 0.143 e. The predicted molar refractivity (Wildman–Crippen MR) is 233 cm³/mol. The maximum atomic E-state index is 6.38. The van der Waals surface area contributed by atoms with Crippen molar-refractivity contribution in [3.05, 3.63) is 206 Å². The molecule has 56 heavy (non-hydrogen) atoms. The zero-order valence-electron chi connectivity index (χ0n) is 30.4. The minimum atomic E-state index is 0.911. The highest BCUT2D eigenvalue weighted by Crippen LogP contribution is 2.41. The quantitative estimate of drug-likeness (QED) is 0.172. The SMILES string of the molecule is c1ccc(-c2cc(-c3ccccc3-c3ccc4c(c3)c3ccccc3n4-c3ccc(-c4cccc5c4oc4ccccc45)cc3)cc(-c3ccccc3)n2)cc1. The molecule has 3 aromatic heterocycles. The van der Waals surface area contributed by atoms with Crippen LogP contribution in [0.3, 0.4) is 0 Å². The molecule has 0 aliphatic heterocycles. The monoisotopic (exact) mass is 714 g/mol. The fourth-order valence-corrected chi connectivity index (χ4v) is 8.37. The van der Waals surface area contributed by atoms with E-state index in [2.05, 4.69) is 187 Å². The third-order valence-corrected chi connectivity index (χ3v) is 11.0. The van der Waals surface area contributed by atoms with Gasteiger partial charge in [0.15, 0.2) is 0 Å². The van der Waals surface area contributed by atoms with Crippen molar-refractivity contribution in [3.8, 4) is 61.6 Å². The van der Waals surface area contributed by atoms with Crippen molar-refractivity contribution < 1.29 is 4.42 Å². The molecular weight excluding hydrogens is 681 g/mol. The summed E-state index contributed by atoms with van der Waals surface area (Å²) in [6.45, 7) is 0. The van der Waals surface area contributed by atoms with Crippen LogP contribution in [0.25, 0.3) is 105 Å². The molecule has 8 aromatic carbocycles. The molecule has 0 aliphatic carbocycles. The van der Waals surface area contributed by atoms with Crippen LogP contribution in [0.4, 0.5) is 0 Å². The van der Waals surface area contributed by atoms with Crippen LogP contribution in [0.1, 0.15) is 0 Å². The molecule has 3 heterocycles. The van der Waals surface area contributed by atoms with Gasteiger partial charge in [-0.05, 0) is 76.3 Å². The Labute approximate surface area is 324 Å². The van der Waals surface area contributed by atoms with E-state index >= 15 is 0 Å². The number of hydrogen-bond acceptors (Lipinski definition) is 2. The predicted octanol–water partition coefficient (Wildman–Crippen LogP) is 14.4. The maximum Gasteiger partial charge on any atom is 0.143 e. The van der Waals surface area contributed by atoms with Gasteiger partial charge in [0.2, 0.25) is 0 Å². The summed E-state index contributed by atoms with van der Waals surface area (Å²) >= 11 is 0. The van der Waals surface area contributed by atoms with E-state index in [-0.39, 0.29) is 0 Å². The summed E-state index contributed by atoms with van der Waals surface area (Å²) < 4.78 is 8.77. The standard InChI is InChI=1S/C53H34N2O/c1-3-14-36(15-4-1)48-33-39(34-49(54-48)37-16-5-2-6-17-37)42-19-8-7-18-41(42)38-28-31-51-47(32-38)44-20-9-11-24-50(44)55(51)40-29-26-35(27-30-40)43-22-13-23-46-45-21-10-12-25-52(45)56-53(43)46/h1-34H. The summed E-state index contributed by atoms with van der Waals surface area (Å²) in [5, 5.41) is 4.72. The van der Waals surface area contributed by atoms with Crippen LogP contribution >= 0.6 is 0 Å². The van der Waals surface area contributed by atoms with E-state index in [1.165, 1.54) is 38.5 Å². The Morgan fingerprint density at radius 1 is 0.339 bits per heavy atom. The molecule has 0 saturated carbocycles. The van der Waals surface area contributed by atoms with Gasteiger partial charge in [-0.25, -0.2) is 4.98 Å². The summed E-state index contributed by atoms with van der Waals surface area (Å²) in [7, 11) is 0. The molecule has 3 heteroatoms. The fraction of sp³-hybridized carbons (Fsp3) is 0. The lowest BCUT2D eigenvalue weighted by Crippen LogP contribution is -1.94. The van der Waals surface area contributed by atoms with Crippen LogP contribution in [-0.4, -0.2) is 9.55 Å². The van der Waals surface area contributed by atoms with Crippen molar-refractivity contribution in [1.29, 1.82) is 0 Å². The first-order valence-electron chi connectivity index (χ1n) is 19.0. The number of benzene rings is 8. The van der Waals surface area contributed by atoms with Crippen molar-refractivity contribution in [2.24, 2.45) is 0 Å². The molecule has 262 valence electrons. The van der Waals surface area contributed by atoms with E-state index in [1.807, 2.05) is 24.3 Å². The van der Waals surface area contributed by atoms with Crippen LogP contribution < -0.4 is 0 Å². The normalized spacial score (nSPS) is 11.6. The third kappa shape index (κ3) is 5.32. The topological polar surface area (TPSA) is 31.0 Å². The Kier molecular flexibility index (Phi) is 7.49. The van der Waals surface area contributed by atoms with E-state index in [4.69, 9.17) is 9.40 Å². The summed E-state index contributed by atoms with van der Waals surface area (Å²) in [5.74, 6) is 0. The lowest BCUT2D eigenvalue weighted by molar-refractivity contribution is 0.670. The molecule has 11 rings (SSSR count). The Bertz CT molecular complexity index is 3170. The first-order chi connectivity index (χ1) is 27.8. The molecule has 0 unspecified atom stereocenters. The summed E-state index contributed by atoms with van der Waals surface area (Å²) in [6.07, 6.45) is 0. The van der Waals surface area contributed by atoms with Crippen LogP contribution in [0.2, 0.25) is 0 Å². The summed E-state index contributed by atoms with van der Waals surface area (Å²) in [6, 6.07) is 73.3. The second-order valence-electron chi connectivity index (χ2n) is 14.3. The number of pyridine rings is 1. The zero-order chi connectivity index (χ0) is 37.0. The minimum absolute atomic E-state index is 0.911. The molecular formula is C53H34N2O. The summed E-state index contributed by atoms with van der Waals surface area (Å²) in [5.41, 5.74) is 16.3. The molecule has 0 radical (unpaired) electrons. The van der Waals surface area contributed by atoms with Crippen molar-refractivity contribution in [3.63, 3.8) is 0 Å². The van der Waals surface area contributed by atoms with Gasteiger partial charge >= 0.3 is 0 Å². The van der Waals surface area contributed by atoms with Crippen molar-refractivity contribution in [1.82, 2.24) is 9.55 Å². The lowest BCUT2D eigenvalue weighted by atomic mass is 9.92. The number of nitrogens with zero attached hydrogens (tertiary/aromatic N) is 2. The highest BCUT2D eigenvalue weighted by atomic mass is 16.3. The average Bonchev–Trinajstić information content (AvgIpc) is 3.83. The molecule has 0 saturated heterocycles. The molecule has 0 amide bonds. The lowest BCUT2D eigenvalue weighted by Gasteiger charge is -2.14. The van der Waals surface area contributed by atoms with E-state index < -0.39 is 0 Å². The fourth-order valence-electron chi connectivity index (χ4n) is 8.37. The first-order valence-corrected chi connectivity index (χ1v) is 19.0. The van der Waals surface area contributed by atoms with E-state index in [1.54, 1.807) is 0 Å². The van der Waals surface area contributed by atoms with Crippen LogP contribution in [0.5, 0.6) is 0 Å². The second kappa shape index (κ2) is 13.1. The molecule has 0 aliphatic rings. The Hall–Kier alpha value is -7.49. The van der Waals surface area contributed by atoms with Crippen molar-refractivity contribution in [2.45, 2.75) is 0 Å². The number of fused-ring (bicyclic) bond motifs is 6. The largest absolute Gasteiger partial charge is 0.455 e. The van der Waals surface area contributed by atoms with Gasteiger partial charge < -0.3 is 8.98 Å². The van der Waals surface area contributed by atoms with E-state index in [0.29, 0.717) is 0 Å². The number of aromatic nitrogens is 2. The number of furan rings is 1. The van der Waals surface area contributed by atoms with E-state index in [0.717, 1.165) is 66.8 Å². The van der Waals surface area contributed by atoms with Gasteiger partial charge in [0.05, 0.1) is 22.4 Å². The maximum absolute atomic E-state index is 6.38. The van der Waals surface area contributed by atoms with Crippen LogP contribution in [0.15, 0.2) is 211 Å². The van der Waals surface area contributed by atoms with Crippen LogP contribution in [0, 0.1) is 0 Å². The van der Waals surface area contributed by atoms with Crippen molar-refractivity contribution in [2.75, 3.05) is 0 Å². The zero-order valence-corrected chi connectivity index (χ0v) is 30.4. The Morgan fingerprint density at radius 2 is 0.893 bits per heavy atom. The van der Waals surface area contributed by atoms with Crippen LogP contribution in [-0.2, 0) is 0 Å². The third-order valence-electron chi connectivity index (χ3n) is 11.0. The molecule has 3 nitrogen and oxygen atoms in total. The molecule has 0 N–H and O–H groups in total. The molecule has 0 bridgehead atoms. The first kappa shape index (κ1) is 32.0. The molecule has 0 atom stereocenters. The van der Waals surface area contributed by atoms with E-state index in [9.17, 15) is 0 Å². The number of rotatable bonds is 6. The highest BCUT2D eigenvalue weighted by Gasteiger charge is 2.17. The summed E-state index contributed by atoms with van der Waals surface area (Å²) in [4.78, 5) is 5.15. The van der Waals surface area contributed by atoms with Gasteiger partial charge in [-0.2, -0.15) is 0 Å². The Morgan fingerprint density at radius 3 is 1.62 bits per heavy atom. The second-order valence-corrected chi connectivity index (χ2v) is 14.3. The average molecular weight is 715 g/mol. The Balaban J connectivity index is 1.03. The van der Waals surface area contributed by atoms with Gasteiger partial charge in [-0.1, -0.05) is 158 Å². The van der Waals surface area contributed by atoms with Gasteiger partial charge in [0.25, 0.3) is 0 Å². The van der Waals surface area contributed by atoms with Gasteiger partial charge in [-0.3, -0.25) is 0 Å². The molecule has 0 fully saturated rings. The number of para-hydroxylation sites is 3. The molecule has 11 aromatic rings. The molecule has 0 spiro atoms. The van der Waals surface area contributed by atoms with Gasteiger partial charge in [0.1, 0.15) is 11.2 Å². The number of hydrogen-bond donors (Lipinski definition) is 0. The minimum Gasteiger partial charge on any atom is -0.455 e. The van der Waals surface area contributed by atoms with Gasteiger partial charge in [0, 0.05) is 43.9 Å². The van der Waals surface area contributed by atoms with Crippen molar-refractivity contribution >= 4 is 43.7 Å². The highest BCUT2D eigenvalue weighted by molar-refractivity contribution is 6.11.